The highest BCUT2D eigenvalue weighted by Crippen LogP contribution is 2.24. The molecule has 0 saturated carbocycles. The van der Waals surface area contributed by atoms with E-state index >= 15 is 0 Å². The van der Waals surface area contributed by atoms with Crippen molar-refractivity contribution in [3.63, 3.8) is 0 Å². The van der Waals surface area contributed by atoms with Gasteiger partial charge in [-0.05, 0) is 41.0 Å². The molecular formula is C20H25N7O2. The molecule has 0 N–H and O–H groups in total. The van der Waals surface area contributed by atoms with Crippen LogP contribution in [0.25, 0.3) is 5.65 Å². The highest BCUT2D eigenvalue weighted by atomic mass is 16.5. The maximum Gasteiger partial charge on any atom is 0.226 e. The van der Waals surface area contributed by atoms with E-state index in [0.29, 0.717) is 25.3 Å². The second kappa shape index (κ2) is 8.95. The third-order valence-electron chi connectivity index (χ3n) is 5.32. The predicted molar refractivity (Wildman–Crippen MR) is 107 cm³/mol. The van der Waals surface area contributed by atoms with Crippen molar-refractivity contribution in [2.75, 3.05) is 38.3 Å². The van der Waals surface area contributed by atoms with Crippen LogP contribution in [0.1, 0.15) is 18.4 Å². The van der Waals surface area contributed by atoms with Gasteiger partial charge in [0.05, 0.1) is 6.61 Å². The van der Waals surface area contributed by atoms with Crippen molar-refractivity contribution in [1.82, 2.24) is 30.2 Å². The molecule has 0 bridgehead atoms. The fourth-order valence-corrected chi connectivity index (χ4v) is 3.70. The van der Waals surface area contributed by atoms with Crippen LogP contribution in [0.3, 0.4) is 0 Å². The van der Waals surface area contributed by atoms with Crippen molar-refractivity contribution in [1.29, 1.82) is 0 Å². The Bertz CT molecular complexity index is 938. The fourth-order valence-electron chi connectivity index (χ4n) is 3.70. The van der Waals surface area contributed by atoms with Gasteiger partial charge in [0.1, 0.15) is 0 Å². The molecule has 1 aliphatic rings. The number of methoxy groups -OCH3 is 1. The lowest BCUT2D eigenvalue weighted by Crippen LogP contribution is -2.43. The van der Waals surface area contributed by atoms with Gasteiger partial charge in [-0.25, -0.2) is 0 Å². The summed E-state index contributed by atoms with van der Waals surface area (Å²) in [6.45, 7) is 3.30. The minimum absolute atomic E-state index is 0.0172. The monoisotopic (exact) mass is 395 g/mol. The number of ether oxygens (including phenoxy) is 1. The van der Waals surface area contributed by atoms with Gasteiger partial charge in [0.25, 0.3) is 0 Å². The second-order valence-corrected chi connectivity index (χ2v) is 7.22. The summed E-state index contributed by atoms with van der Waals surface area (Å²) in [5.74, 6) is 1.05. The van der Waals surface area contributed by atoms with E-state index < -0.39 is 0 Å². The first-order valence-corrected chi connectivity index (χ1v) is 9.86. The van der Waals surface area contributed by atoms with E-state index in [-0.39, 0.29) is 11.8 Å². The molecule has 0 unspecified atom stereocenters. The summed E-state index contributed by atoms with van der Waals surface area (Å²) in [6, 6.07) is 13.9. The van der Waals surface area contributed by atoms with Crippen LogP contribution in [0.4, 0.5) is 5.82 Å². The summed E-state index contributed by atoms with van der Waals surface area (Å²) in [5.41, 5.74) is 1.75. The number of amides is 1. The zero-order chi connectivity index (χ0) is 20.1. The normalized spacial score (nSPS) is 15.0. The lowest BCUT2D eigenvalue weighted by atomic mass is 9.95. The number of anilines is 1. The maximum absolute atomic E-state index is 13.2. The standard InChI is InChI=1S/C20H25N7O2/c1-29-14-13-26(15-16-5-3-2-4-6-16)20(28)17-9-11-25(12-10-17)19-8-7-18-21-23-24-27(18)22-19/h2-8,17H,9-15H2,1H3. The van der Waals surface area contributed by atoms with Crippen LogP contribution < -0.4 is 4.90 Å². The van der Waals surface area contributed by atoms with E-state index in [1.54, 1.807) is 7.11 Å². The van der Waals surface area contributed by atoms with Gasteiger partial charge in [-0.1, -0.05) is 30.3 Å². The molecule has 3 aromatic rings. The number of piperidine rings is 1. The Kier molecular flexibility index (Phi) is 5.95. The van der Waals surface area contributed by atoms with E-state index in [4.69, 9.17) is 4.74 Å². The number of fused-ring (bicyclic) bond motifs is 1. The van der Waals surface area contributed by atoms with Gasteiger partial charge in [0.2, 0.25) is 5.91 Å². The van der Waals surface area contributed by atoms with Crippen molar-refractivity contribution in [3.05, 3.63) is 48.0 Å². The SMILES string of the molecule is COCCN(Cc1ccccc1)C(=O)C1CCN(c2ccc3nnnn3n2)CC1. The molecule has 1 aliphatic heterocycles. The van der Waals surface area contributed by atoms with Crippen molar-refractivity contribution >= 4 is 17.4 Å². The van der Waals surface area contributed by atoms with Gasteiger partial charge in [0, 0.05) is 39.2 Å². The molecular weight excluding hydrogens is 370 g/mol. The van der Waals surface area contributed by atoms with Crippen LogP contribution in [0.15, 0.2) is 42.5 Å². The van der Waals surface area contributed by atoms with Crippen molar-refractivity contribution in [3.8, 4) is 0 Å². The molecule has 152 valence electrons. The third-order valence-corrected chi connectivity index (χ3v) is 5.32. The lowest BCUT2D eigenvalue weighted by molar-refractivity contribution is -0.137. The van der Waals surface area contributed by atoms with E-state index in [9.17, 15) is 4.79 Å². The summed E-state index contributed by atoms with van der Waals surface area (Å²) in [6.07, 6.45) is 1.60. The van der Waals surface area contributed by atoms with Crippen LogP contribution in [0.2, 0.25) is 0 Å². The number of aromatic nitrogens is 5. The summed E-state index contributed by atoms with van der Waals surface area (Å²) in [4.78, 5) is 17.3. The molecule has 3 heterocycles. The van der Waals surface area contributed by atoms with Gasteiger partial charge in [-0.15, -0.1) is 14.8 Å². The van der Waals surface area contributed by atoms with Crippen LogP contribution in [0.5, 0.6) is 0 Å². The molecule has 29 heavy (non-hydrogen) atoms. The molecule has 9 nitrogen and oxygen atoms in total. The lowest BCUT2D eigenvalue weighted by Gasteiger charge is -2.34. The summed E-state index contributed by atoms with van der Waals surface area (Å²) in [5, 5.41) is 15.8. The number of tetrazole rings is 1. The Labute approximate surface area is 169 Å². The minimum atomic E-state index is 0.0172. The first kappa shape index (κ1) is 19.3. The molecule has 0 atom stereocenters. The number of nitrogens with zero attached hydrogens (tertiary/aromatic N) is 7. The minimum Gasteiger partial charge on any atom is -0.383 e. The van der Waals surface area contributed by atoms with E-state index in [0.717, 1.165) is 37.3 Å². The third kappa shape index (κ3) is 4.51. The number of benzene rings is 1. The van der Waals surface area contributed by atoms with E-state index in [2.05, 4.69) is 37.7 Å². The zero-order valence-electron chi connectivity index (χ0n) is 16.5. The smallest absolute Gasteiger partial charge is 0.226 e. The van der Waals surface area contributed by atoms with Crippen molar-refractivity contribution < 1.29 is 9.53 Å². The molecule has 1 fully saturated rings. The topological polar surface area (TPSA) is 88.8 Å². The largest absolute Gasteiger partial charge is 0.383 e. The summed E-state index contributed by atoms with van der Waals surface area (Å²) in [7, 11) is 1.66. The van der Waals surface area contributed by atoms with Crippen LogP contribution in [-0.2, 0) is 16.1 Å². The number of hydrogen-bond donors (Lipinski definition) is 0. The Morgan fingerprint density at radius 2 is 1.97 bits per heavy atom. The number of carbonyl (C=O) groups is 1. The molecule has 0 radical (unpaired) electrons. The van der Waals surface area contributed by atoms with Crippen LogP contribution in [0, 0.1) is 5.92 Å². The summed E-state index contributed by atoms with van der Waals surface area (Å²) < 4.78 is 6.65. The first-order chi connectivity index (χ1) is 14.2. The predicted octanol–water partition coefficient (Wildman–Crippen LogP) is 1.41. The zero-order valence-corrected chi connectivity index (χ0v) is 16.5. The van der Waals surface area contributed by atoms with Gasteiger partial charge >= 0.3 is 0 Å². The average Bonchev–Trinajstić information content (AvgIpc) is 3.25. The Hall–Kier alpha value is -3.07. The second-order valence-electron chi connectivity index (χ2n) is 7.22. The number of hydrogen-bond acceptors (Lipinski definition) is 7. The van der Waals surface area contributed by atoms with Crippen LogP contribution in [-0.4, -0.2) is 69.4 Å². The quantitative estimate of drug-likeness (QED) is 0.598. The van der Waals surface area contributed by atoms with Crippen molar-refractivity contribution in [2.45, 2.75) is 19.4 Å². The Morgan fingerprint density at radius 3 is 2.72 bits per heavy atom. The number of carbonyl (C=O) groups excluding carboxylic acids is 1. The average molecular weight is 395 g/mol. The molecule has 1 aromatic carbocycles. The molecule has 1 saturated heterocycles. The first-order valence-electron chi connectivity index (χ1n) is 9.86. The molecule has 0 spiro atoms. The van der Waals surface area contributed by atoms with Gasteiger partial charge in [-0.3, -0.25) is 4.79 Å². The Morgan fingerprint density at radius 1 is 1.17 bits per heavy atom. The van der Waals surface area contributed by atoms with E-state index in [1.807, 2.05) is 35.2 Å². The molecule has 1 amide bonds. The van der Waals surface area contributed by atoms with E-state index in [1.165, 1.54) is 4.63 Å². The fraction of sp³-hybridized carbons (Fsp3) is 0.450. The molecule has 0 aliphatic carbocycles. The van der Waals surface area contributed by atoms with Gasteiger partial charge in [-0.2, -0.15) is 0 Å². The van der Waals surface area contributed by atoms with Gasteiger partial charge < -0.3 is 14.5 Å². The molecule has 9 heteroatoms. The van der Waals surface area contributed by atoms with Gasteiger partial charge in [0.15, 0.2) is 11.5 Å². The Balaban J connectivity index is 1.39. The van der Waals surface area contributed by atoms with Crippen molar-refractivity contribution in [2.24, 2.45) is 5.92 Å². The highest BCUT2D eigenvalue weighted by molar-refractivity contribution is 5.79. The highest BCUT2D eigenvalue weighted by Gasteiger charge is 2.29. The molecule has 4 rings (SSSR count). The molecule has 2 aromatic heterocycles. The summed E-state index contributed by atoms with van der Waals surface area (Å²) >= 11 is 0. The maximum atomic E-state index is 13.2. The van der Waals surface area contributed by atoms with Crippen LogP contribution >= 0.6 is 0 Å². The number of rotatable bonds is 7.